The maximum absolute atomic E-state index is 5.80. The first kappa shape index (κ1) is 12.8. The summed E-state index contributed by atoms with van der Waals surface area (Å²) in [6, 6.07) is 10.1. The number of furan rings is 1. The van der Waals surface area contributed by atoms with E-state index in [9.17, 15) is 0 Å². The number of pyridine rings is 1. The second-order valence-electron chi connectivity index (χ2n) is 4.70. The van der Waals surface area contributed by atoms with E-state index >= 15 is 0 Å². The molecule has 0 radical (unpaired) electrons. The Balaban J connectivity index is 2.17. The lowest BCUT2D eigenvalue weighted by Gasteiger charge is -2.18. The van der Waals surface area contributed by atoms with Crippen LogP contribution < -0.4 is 11.3 Å². The van der Waals surface area contributed by atoms with Crippen LogP contribution in [0.25, 0.3) is 10.8 Å². The number of aryl methyl sites for hydroxylation is 1. The minimum atomic E-state index is -0.0881. The van der Waals surface area contributed by atoms with Crippen LogP contribution in [0.2, 0.25) is 0 Å². The number of fused-ring (bicyclic) bond motifs is 1. The molecule has 3 aromatic rings. The van der Waals surface area contributed by atoms with Gasteiger partial charge in [-0.15, -0.1) is 0 Å². The van der Waals surface area contributed by atoms with Crippen LogP contribution >= 0.6 is 0 Å². The number of nitrogens with one attached hydrogen (secondary N) is 1. The van der Waals surface area contributed by atoms with E-state index in [1.165, 1.54) is 0 Å². The number of hydrazine groups is 1. The standard InChI is InChI=1S/C16H17N3O/c1-2-15-14(7-9-20-15)16(19-17)13-5-3-4-11-10-18-8-6-12(11)13/h3-10,16,19H,2,17H2,1H3. The van der Waals surface area contributed by atoms with Crippen molar-refractivity contribution in [3.63, 3.8) is 0 Å². The molecule has 0 spiro atoms. The lowest BCUT2D eigenvalue weighted by molar-refractivity contribution is 0.502. The first-order valence-corrected chi connectivity index (χ1v) is 6.70. The van der Waals surface area contributed by atoms with E-state index in [0.29, 0.717) is 0 Å². The Morgan fingerprint density at radius 2 is 2.15 bits per heavy atom. The average Bonchev–Trinajstić information content (AvgIpc) is 2.97. The van der Waals surface area contributed by atoms with Crippen LogP contribution in [0.3, 0.4) is 0 Å². The molecule has 1 unspecified atom stereocenters. The average molecular weight is 267 g/mol. The van der Waals surface area contributed by atoms with Gasteiger partial charge >= 0.3 is 0 Å². The molecule has 2 aromatic heterocycles. The van der Waals surface area contributed by atoms with Crippen molar-refractivity contribution in [1.82, 2.24) is 10.4 Å². The molecule has 0 aliphatic rings. The molecular formula is C16H17N3O. The van der Waals surface area contributed by atoms with E-state index in [4.69, 9.17) is 10.3 Å². The molecule has 4 heteroatoms. The van der Waals surface area contributed by atoms with Crippen molar-refractivity contribution < 1.29 is 4.42 Å². The lowest BCUT2D eigenvalue weighted by atomic mass is 9.94. The molecule has 0 saturated carbocycles. The van der Waals surface area contributed by atoms with E-state index in [1.807, 2.05) is 24.4 Å². The molecule has 1 aromatic carbocycles. The highest BCUT2D eigenvalue weighted by Gasteiger charge is 2.19. The van der Waals surface area contributed by atoms with Crippen molar-refractivity contribution in [3.8, 4) is 0 Å². The minimum Gasteiger partial charge on any atom is -0.469 e. The van der Waals surface area contributed by atoms with Gasteiger partial charge in [0, 0.05) is 29.8 Å². The molecule has 1 atom stereocenters. The molecule has 0 amide bonds. The van der Waals surface area contributed by atoms with Crippen molar-refractivity contribution in [2.75, 3.05) is 0 Å². The Morgan fingerprint density at radius 1 is 1.25 bits per heavy atom. The molecule has 0 bridgehead atoms. The number of nitrogens with zero attached hydrogens (tertiary/aromatic N) is 1. The first-order valence-electron chi connectivity index (χ1n) is 6.70. The fourth-order valence-corrected chi connectivity index (χ4v) is 2.64. The van der Waals surface area contributed by atoms with Gasteiger partial charge in [-0.2, -0.15) is 0 Å². The summed E-state index contributed by atoms with van der Waals surface area (Å²) in [5, 5.41) is 2.25. The topological polar surface area (TPSA) is 64.1 Å². The third-order valence-electron chi connectivity index (χ3n) is 3.60. The number of hydrogen-bond acceptors (Lipinski definition) is 4. The van der Waals surface area contributed by atoms with Crippen molar-refractivity contribution >= 4 is 10.8 Å². The van der Waals surface area contributed by atoms with Crippen LogP contribution in [0.1, 0.15) is 29.9 Å². The maximum atomic E-state index is 5.80. The van der Waals surface area contributed by atoms with Gasteiger partial charge in [0.1, 0.15) is 5.76 Å². The van der Waals surface area contributed by atoms with Crippen molar-refractivity contribution in [1.29, 1.82) is 0 Å². The Morgan fingerprint density at radius 3 is 2.95 bits per heavy atom. The van der Waals surface area contributed by atoms with Crippen LogP contribution in [-0.4, -0.2) is 4.98 Å². The van der Waals surface area contributed by atoms with Crippen molar-refractivity contribution in [2.24, 2.45) is 5.84 Å². The Hall–Kier alpha value is -2.17. The van der Waals surface area contributed by atoms with E-state index in [-0.39, 0.29) is 6.04 Å². The molecule has 102 valence electrons. The van der Waals surface area contributed by atoms with E-state index in [2.05, 4.69) is 29.5 Å². The molecule has 2 heterocycles. The van der Waals surface area contributed by atoms with Gasteiger partial charge in [0.15, 0.2) is 0 Å². The Labute approximate surface area is 117 Å². The second-order valence-corrected chi connectivity index (χ2v) is 4.70. The van der Waals surface area contributed by atoms with Gasteiger partial charge in [0.2, 0.25) is 0 Å². The zero-order valence-corrected chi connectivity index (χ0v) is 11.3. The first-order chi connectivity index (χ1) is 9.85. The molecule has 20 heavy (non-hydrogen) atoms. The predicted octanol–water partition coefficient (Wildman–Crippen LogP) is 2.94. The van der Waals surface area contributed by atoms with Crippen LogP contribution in [0.15, 0.2) is 53.4 Å². The lowest BCUT2D eigenvalue weighted by Crippen LogP contribution is -2.29. The normalized spacial score (nSPS) is 12.7. The zero-order valence-electron chi connectivity index (χ0n) is 11.3. The third-order valence-corrected chi connectivity index (χ3v) is 3.60. The van der Waals surface area contributed by atoms with Gasteiger partial charge in [0.25, 0.3) is 0 Å². The summed E-state index contributed by atoms with van der Waals surface area (Å²) >= 11 is 0. The molecule has 4 nitrogen and oxygen atoms in total. The van der Waals surface area contributed by atoms with Crippen LogP contribution in [0.5, 0.6) is 0 Å². The molecule has 0 fully saturated rings. The summed E-state index contributed by atoms with van der Waals surface area (Å²) in [4.78, 5) is 4.17. The van der Waals surface area contributed by atoms with Gasteiger partial charge in [-0.3, -0.25) is 10.8 Å². The molecule has 3 N–H and O–H groups in total. The molecule has 0 aliphatic carbocycles. The van der Waals surface area contributed by atoms with Crippen molar-refractivity contribution in [2.45, 2.75) is 19.4 Å². The highest BCUT2D eigenvalue weighted by atomic mass is 16.3. The second kappa shape index (κ2) is 5.45. The minimum absolute atomic E-state index is 0.0881. The summed E-state index contributed by atoms with van der Waals surface area (Å²) in [5.74, 6) is 6.76. The molecular weight excluding hydrogens is 250 g/mol. The van der Waals surface area contributed by atoms with Gasteiger partial charge in [0.05, 0.1) is 12.3 Å². The largest absolute Gasteiger partial charge is 0.469 e. The summed E-state index contributed by atoms with van der Waals surface area (Å²) in [5.41, 5.74) is 5.12. The van der Waals surface area contributed by atoms with E-state index in [1.54, 1.807) is 12.5 Å². The Bertz CT molecular complexity index is 715. The summed E-state index contributed by atoms with van der Waals surface area (Å²) in [6.45, 7) is 2.07. The number of hydrogen-bond donors (Lipinski definition) is 2. The Kier molecular flexibility index (Phi) is 3.50. The highest BCUT2D eigenvalue weighted by Crippen LogP contribution is 2.30. The van der Waals surface area contributed by atoms with Gasteiger partial charge in [-0.1, -0.05) is 25.1 Å². The van der Waals surface area contributed by atoms with Gasteiger partial charge < -0.3 is 4.42 Å². The number of aromatic nitrogens is 1. The highest BCUT2D eigenvalue weighted by molar-refractivity contribution is 5.85. The number of nitrogens with two attached hydrogens (primary N) is 1. The van der Waals surface area contributed by atoms with Crippen molar-refractivity contribution in [3.05, 3.63) is 65.9 Å². The monoisotopic (exact) mass is 267 g/mol. The van der Waals surface area contributed by atoms with E-state index < -0.39 is 0 Å². The fraction of sp³-hybridized carbons (Fsp3) is 0.188. The zero-order chi connectivity index (χ0) is 13.9. The summed E-state index contributed by atoms with van der Waals surface area (Å²) in [6.07, 6.45) is 6.22. The third kappa shape index (κ3) is 2.09. The molecule has 0 aliphatic heterocycles. The SMILES string of the molecule is CCc1occc1C(NN)c1cccc2cnccc12. The summed E-state index contributed by atoms with van der Waals surface area (Å²) in [7, 11) is 0. The van der Waals surface area contributed by atoms with Gasteiger partial charge in [-0.25, -0.2) is 5.43 Å². The van der Waals surface area contributed by atoms with Crippen LogP contribution in [0, 0.1) is 0 Å². The fourth-order valence-electron chi connectivity index (χ4n) is 2.64. The quantitative estimate of drug-likeness (QED) is 0.563. The molecule has 0 saturated heterocycles. The predicted molar refractivity (Wildman–Crippen MR) is 79.0 cm³/mol. The summed E-state index contributed by atoms with van der Waals surface area (Å²) < 4.78 is 5.52. The van der Waals surface area contributed by atoms with E-state index in [0.717, 1.165) is 34.1 Å². The molecule has 3 rings (SSSR count). The van der Waals surface area contributed by atoms with Crippen LogP contribution in [0.4, 0.5) is 0 Å². The van der Waals surface area contributed by atoms with Crippen LogP contribution in [-0.2, 0) is 6.42 Å². The maximum Gasteiger partial charge on any atom is 0.108 e. The number of rotatable bonds is 4. The van der Waals surface area contributed by atoms with Gasteiger partial charge in [-0.05, 0) is 23.1 Å². The number of benzene rings is 1. The smallest absolute Gasteiger partial charge is 0.108 e.